The van der Waals surface area contributed by atoms with Crippen molar-refractivity contribution in [3.05, 3.63) is 11.6 Å². The van der Waals surface area contributed by atoms with E-state index in [9.17, 15) is 4.79 Å². The second-order valence-corrected chi connectivity index (χ2v) is 8.25. The van der Waals surface area contributed by atoms with E-state index in [0.29, 0.717) is 6.54 Å². The molecule has 2 heterocycles. The van der Waals surface area contributed by atoms with E-state index in [4.69, 9.17) is 18.9 Å². The molecule has 0 aromatic rings. The van der Waals surface area contributed by atoms with Crippen molar-refractivity contribution in [2.75, 3.05) is 20.3 Å². The van der Waals surface area contributed by atoms with Gasteiger partial charge < -0.3 is 24.3 Å². The Balaban J connectivity index is 1.72. The minimum Gasteiger partial charge on any atom is -0.443 e. The molecule has 1 spiro atoms. The van der Waals surface area contributed by atoms with Crippen molar-refractivity contribution in [2.45, 2.75) is 82.9 Å². The van der Waals surface area contributed by atoms with Crippen LogP contribution in [0.2, 0.25) is 0 Å². The summed E-state index contributed by atoms with van der Waals surface area (Å²) in [6.45, 7) is 9.72. The molecule has 3 aliphatic rings. The number of nitrogens with one attached hydrogen (secondary N) is 1. The second-order valence-electron chi connectivity index (χ2n) is 8.25. The van der Waals surface area contributed by atoms with Crippen molar-refractivity contribution in [1.29, 1.82) is 0 Å². The first-order valence-corrected chi connectivity index (χ1v) is 9.78. The number of epoxide rings is 2. The highest BCUT2D eigenvalue weighted by Gasteiger charge is 2.72. The lowest BCUT2D eigenvalue weighted by molar-refractivity contribution is -0.118. The van der Waals surface area contributed by atoms with Crippen LogP contribution in [0.25, 0.3) is 0 Å². The number of hydrogen-bond acceptors (Lipinski definition) is 5. The van der Waals surface area contributed by atoms with E-state index in [2.05, 4.69) is 32.2 Å². The van der Waals surface area contributed by atoms with Gasteiger partial charge in [-0.3, -0.25) is 0 Å². The van der Waals surface area contributed by atoms with Gasteiger partial charge in [-0.15, -0.1) is 0 Å². The molecule has 4 unspecified atom stereocenters. The quantitative estimate of drug-likeness (QED) is 0.553. The summed E-state index contributed by atoms with van der Waals surface area (Å²) in [5.41, 5.74) is 0.806. The van der Waals surface area contributed by atoms with E-state index in [1.54, 1.807) is 7.11 Å². The second kappa shape index (κ2) is 7.49. The summed E-state index contributed by atoms with van der Waals surface area (Å²) in [4.78, 5) is 12.1. The lowest BCUT2D eigenvalue weighted by Crippen LogP contribution is -2.56. The first kappa shape index (κ1) is 19.6. The largest absolute Gasteiger partial charge is 0.443 e. The highest BCUT2D eigenvalue weighted by Crippen LogP contribution is 2.59. The molecule has 1 N–H and O–H groups in total. The Morgan fingerprint density at radius 3 is 2.69 bits per heavy atom. The first-order chi connectivity index (χ1) is 12.4. The van der Waals surface area contributed by atoms with E-state index in [1.165, 1.54) is 5.57 Å². The molecule has 6 nitrogen and oxygen atoms in total. The van der Waals surface area contributed by atoms with Crippen LogP contribution in [-0.2, 0) is 18.9 Å². The topological polar surface area (TPSA) is 72.6 Å². The van der Waals surface area contributed by atoms with Crippen molar-refractivity contribution in [3.8, 4) is 0 Å². The van der Waals surface area contributed by atoms with Gasteiger partial charge in [0, 0.05) is 13.7 Å². The minimum atomic E-state index is -0.367. The summed E-state index contributed by atoms with van der Waals surface area (Å²) < 4.78 is 23.6. The van der Waals surface area contributed by atoms with Crippen LogP contribution in [0, 0.1) is 5.92 Å². The zero-order valence-corrected chi connectivity index (χ0v) is 16.7. The molecule has 148 valence electrons. The van der Waals surface area contributed by atoms with Gasteiger partial charge in [-0.05, 0) is 46.5 Å². The van der Waals surface area contributed by atoms with Crippen LogP contribution in [0.3, 0.4) is 0 Å². The number of carbonyl (C=O) groups excluding carboxylic acids is 1. The SMILES string of the molecule is CCCNC(=O)OC1CC[C@]2(CO2)C(C2(C)O[C@@H]2CC=C(C)C)C1OC. The molecule has 3 rings (SSSR count). The Bertz CT molecular complexity index is 554. The van der Waals surface area contributed by atoms with Gasteiger partial charge in [0.1, 0.15) is 23.4 Å². The highest BCUT2D eigenvalue weighted by molar-refractivity contribution is 5.67. The molecule has 1 saturated carbocycles. The minimum absolute atomic E-state index is 0.0632. The molecule has 2 aliphatic heterocycles. The Hall–Kier alpha value is -1.11. The number of ether oxygens (including phenoxy) is 4. The number of carbonyl (C=O) groups is 1. The van der Waals surface area contributed by atoms with Crippen LogP contribution < -0.4 is 5.32 Å². The smallest absolute Gasteiger partial charge is 0.407 e. The summed E-state index contributed by atoms with van der Waals surface area (Å²) >= 11 is 0. The molecule has 0 bridgehead atoms. The van der Waals surface area contributed by atoms with Crippen LogP contribution in [0.4, 0.5) is 4.79 Å². The van der Waals surface area contributed by atoms with Gasteiger partial charge in [0.15, 0.2) is 0 Å². The number of amides is 1. The maximum atomic E-state index is 12.1. The normalized spacial score (nSPS) is 40.8. The third-order valence-electron chi connectivity index (χ3n) is 6.01. The van der Waals surface area contributed by atoms with Crippen LogP contribution in [0.15, 0.2) is 11.6 Å². The zero-order chi connectivity index (χ0) is 18.9. The Labute approximate surface area is 156 Å². The molecule has 6 atom stereocenters. The van der Waals surface area contributed by atoms with Crippen LogP contribution in [-0.4, -0.2) is 55.9 Å². The molecule has 6 heteroatoms. The number of rotatable bonds is 7. The summed E-state index contributed by atoms with van der Waals surface area (Å²) in [7, 11) is 1.69. The molecule has 0 aromatic heterocycles. The standard InChI is InChI=1S/C20H33NO5/c1-6-11-21-18(22)25-14-9-10-20(12-24-20)17(16(14)23-5)19(4)15(26-19)8-7-13(2)3/h7,14-17H,6,8-12H2,1-5H3,(H,21,22)/t14?,15-,16?,17?,19?,20+/m1/s1. The fourth-order valence-electron chi connectivity index (χ4n) is 4.48. The van der Waals surface area contributed by atoms with E-state index in [1.807, 2.05) is 6.92 Å². The van der Waals surface area contributed by atoms with Crippen molar-refractivity contribution in [3.63, 3.8) is 0 Å². The molecule has 1 aliphatic carbocycles. The van der Waals surface area contributed by atoms with Crippen molar-refractivity contribution < 1.29 is 23.7 Å². The summed E-state index contributed by atoms with van der Waals surface area (Å²) in [6, 6.07) is 0. The average molecular weight is 367 g/mol. The predicted molar refractivity (Wildman–Crippen MR) is 98.1 cm³/mol. The molecule has 3 fully saturated rings. The van der Waals surface area contributed by atoms with Crippen LogP contribution in [0.1, 0.15) is 53.4 Å². The summed E-state index contributed by atoms with van der Waals surface area (Å²) in [5.74, 6) is 0.0632. The molecular formula is C20H33NO5. The predicted octanol–water partition coefficient (Wildman–Crippen LogP) is 3.20. The van der Waals surface area contributed by atoms with Crippen molar-refractivity contribution in [1.82, 2.24) is 5.32 Å². The number of hydrogen-bond donors (Lipinski definition) is 1. The van der Waals surface area contributed by atoms with E-state index >= 15 is 0 Å². The summed E-state index contributed by atoms with van der Waals surface area (Å²) in [6.07, 6.45) is 4.91. The lowest BCUT2D eigenvalue weighted by Gasteiger charge is -2.42. The third-order valence-corrected chi connectivity index (χ3v) is 6.01. The van der Waals surface area contributed by atoms with E-state index in [-0.39, 0.29) is 41.5 Å². The Morgan fingerprint density at radius 2 is 2.12 bits per heavy atom. The Morgan fingerprint density at radius 1 is 1.38 bits per heavy atom. The third kappa shape index (κ3) is 3.78. The van der Waals surface area contributed by atoms with Crippen LogP contribution >= 0.6 is 0 Å². The molecule has 0 aromatic carbocycles. The van der Waals surface area contributed by atoms with Crippen LogP contribution in [0.5, 0.6) is 0 Å². The lowest BCUT2D eigenvalue weighted by atomic mass is 9.68. The maximum Gasteiger partial charge on any atom is 0.407 e. The van der Waals surface area contributed by atoms with Gasteiger partial charge in [0.2, 0.25) is 0 Å². The first-order valence-electron chi connectivity index (χ1n) is 9.78. The van der Waals surface area contributed by atoms with E-state index in [0.717, 1.165) is 32.3 Å². The van der Waals surface area contributed by atoms with Gasteiger partial charge in [0.25, 0.3) is 0 Å². The highest BCUT2D eigenvalue weighted by atomic mass is 16.6. The van der Waals surface area contributed by atoms with Gasteiger partial charge in [-0.25, -0.2) is 4.79 Å². The van der Waals surface area contributed by atoms with Crippen molar-refractivity contribution in [2.24, 2.45) is 5.92 Å². The number of alkyl carbamates (subject to hydrolysis) is 1. The molecule has 0 radical (unpaired) electrons. The number of methoxy groups -OCH3 is 1. The molecular weight excluding hydrogens is 334 g/mol. The van der Waals surface area contributed by atoms with Gasteiger partial charge in [-0.2, -0.15) is 0 Å². The fraction of sp³-hybridized carbons (Fsp3) is 0.850. The summed E-state index contributed by atoms with van der Waals surface area (Å²) in [5, 5.41) is 2.78. The fourth-order valence-corrected chi connectivity index (χ4v) is 4.48. The number of allylic oxidation sites excluding steroid dienone is 1. The van der Waals surface area contributed by atoms with Gasteiger partial charge in [-0.1, -0.05) is 18.6 Å². The Kier molecular flexibility index (Phi) is 5.66. The molecule has 26 heavy (non-hydrogen) atoms. The maximum absolute atomic E-state index is 12.1. The van der Waals surface area contributed by atoms with Crippen molar-refractivity contribution >= 4 is 6.09 Å². The zero-order valence-electron chi connectivity index (χ0n) is 16.7. The molecule has 1 amide bonds. The van der Waals surface area contributed by atoms with Gasteiger partial charge in [0.05, 0.1) is 18.6 Å². The monoisotopic (exact) mass is 367 g/mol. The molecule has 2 saturated heterocycles. The van der Waals surface area contributed by atoms with E-state index < -0.39 is 0 Å². The van der Waals surface area contributed by atoms with Gasteiger partial charge >= 0.3 is 6.09 Å². The average Bonchev–Trinajstić information content (AvgIpc) is 3.50.